The number of halogens is 1. The van der Waals surface area contributed by atoms with Gasteiger partial charge < -0.3 is 5.32 Å². The van der Waals surface area contributed by atoms with E-state index in [1.807, 2.05) is 0 Å². The van der Waals surface area contributed by atoms with Crippen LogP contribution in [0.1, 0.15) is 13.3 Å². The molecule has 2 unspecified atom stereocenters. The quantitative estimate of drug-likeness (QED) is 0.485. The van der Waals surface area contributed by atoms with Crippen molar-refractivity contribution in [3.63, 3.8) is 0 Å². The van der Waals surface area contributed by atoms with Gasteiger partial charge in [-0.3, -0.25) is 10.1 Å². The molecule has 0 aliphatic heterocycles. The van der Waals surface area contributed by atoms with Gasteiger partial charge in [-0.05, 0) is 12.3 Å². The summed E-state index contributed by atoms with van der Waals surface area (Å²) < 4.78 is 0. The van der Waals surface area contributed by atoms with Crippen LogP contribution in [0.4, 0.5) is 11.5 Å². The first-order valence-electron chi connectivity index (χ1n) is 4.51. The van der Waals surface area contributed by atoms with Gasteiger partial charge in [0, 0.05) is 6.04 Å². The Morgan fingerprint density at radius 1 is 1.67 bits per heavy atom. The Balaban J connectivity index is 2.29. The highest BCUT2D eigenvalue weighted by atomic mass is 35.5. The monoisotopic (exact) mass is 228 g/mol. The molecule has 1 N–H and O–H groups in total. The van der Waals surface area contributed by atoms with Crippen molar-refractivity contribution in [3.05, 3.63) is 21.6 Å². The lowest BCUT2D eigenvalue weighted by molar-refractivity contribution is -0.384. The molecule has 0 spiro atoms. The van der Waals surface area contributed by atoms with Crippen LogP contribution in [-0.4, -0.2) is 20.9 Å². The van der Waals surface area contributed by atoms with Crippen molar-refractivity contribution in [2.24, 2.45) is 5.92 Å². The first-order valence-corrected chi connectivity index (χ1v) is 4.89. The van der Waals surface area contributed by atoms with Crippen LogP contribution in [0.3, 0.4) is 0 Å². The Hall–Kier alpha value is -1.43. The van der Waals surface area contributed by atoms with Gasteiger partial charge in [-0.15, -0.1) is 0 Å². The summed E-state index contributed by atoms with van der Waals surface area (Å²) in [5, 5.41) is 13.6. The molecule has 1 heterocycles. The van der Waals surface area contributed by atoms with E-state index in [-0.39, 0.29) is 22.7 Å². The van der Waals surface area contributed by atoms with Gasteiger partial charge in [0.15, 0.2) is 0 Å². The maximum absolute atomic E-state index is 10.7. The molecular weight excluding hydrogens is 220 g/mol. The maximum Gasteiger partial charge on any atom is 0.348 e. The number of anilines is 1. The van der Waals surface area contributed by atoms with Gasteiger partial charge in [-0.2, -0.15) is 0 Å². The van der Waals surface area contributed by atoms with E-state index in [2.05, 4.69) is 22.2 Å². The molecule has 6 nitrogen and oxygen atoms in total. The van der Waals surface area contributed by atoms with E-state index in [1.54, 1.807) is 0 Å². The van der Waals surface area contributed by atoms with Crippen LogP contribution < -0.4 is 5.32 Å². The molecule has 0 bridgehead atoms. The molecule has 0 radical (unpaired) electrons. The number of hydrogen-bond acceptors (Lipinski definition) is 5. The Labute approximate surface area is 90.8 Å². The zero-order valence-corrected chi connectivity index (χ0v) is 8.73. The number of aromatic nitrogens is 2. The summed E-state index contributed by atoms with van der Waals surface area (Å²) in [6.45, 7) is 2.06. The standard InChI is InChI=1S/C8H9ClN4O2/c1-4-2-5(4)12-8-6(13(14)15)7(9)10-3-11-8/h3-5H,2H2,1H3,(H,10,11,12). The molecular formula is C8H9ClN4O2. The molecule has 2 atom stereocenters. The second-order valence-corrected chi connectivity index (χ2v) is 3.94. The average Bonchev–Trinajstić information content (AvgIpc) is 2.81. The Kier molecular flexibility index (Phi) is 2.44. The van der Waals surface area contributed by atoms with E-state index in [1.165, 1.54) is 6.33 Å². The van der Waals surface area contributed by atoms with E-state index in [0.29, 0.717) is 5.92 Å². The first kappa shape index (κ1) is 10.1. The van der Waals surface area contributed by atoms with Crippen molar-refractivity contribution in [2.75, 3.05) is 5.32 Å². The molecule has 1 aromatic rings. The molecule has 7 heteroatoms. The maximum atomic E-state index is 10.7. The van der Waals surface area contributed by atoms with Crippen LogP contribution in [0.5, 0.6) is 0 Å². The number of hydrogen-bond donors (Lipinski definition) is 1. The Morgan fingerprint density at radius 3 is 2.87 bits per heavy atom. The number of nitro groups is 1. The lowest BCUT2D eigenvalue weighted by Gasteiger charge is -2.04. The van der Waals surface area contributed by atoms with Crippen LogP contribution in [0, 0.1) is 16.0 Å². The summed E-state index contributed by atoms with van der Waals surface area (Å²) in [6, 6.07) is 0.259. The lowest BCUT2D eigenvalue weighted by Crippen LogP contribution is -2.08. The molecule has 0 aromatic carbocycles. The topological polar surface area (TPSA) is 81.0 Å². The average molecular weight is 229 g/mol. The molecule has 1 saturated carbocycles. The van der Waals surface area contributed by atoms with Gasteiger partial charge in [0.1, 0.15) is 6.33 Å². The number of nitrogens with one attached hydrogen (secondary N) is 1. The van der Waals surface area contributed by atoms with Crippen molar-refractivity contribution in [2.45, 2.75) is 19.4 Å². The van der Waals surface area contributed by atoms with Gasteiger partial charge in [0.2, 0.25) is 11.0 Å². The second kappa shape index (κ2) is 3.62. The molecule has 1 aromatic heterocycles. The van der Waals surface area contributed by atoms with Crippen LogP contribution in [0.25, 0.3) is 0 Å². The van der Waals surface area contributed by atoms with Crippen LogP contribution in [0.2, 0.25) is 5.15 Å². The highest BCUT2D eigenvalue weighted by Gasteiger charge is 2.35. The van der Waals surface area contributed by atoms with Gasteiger partial charge in [0.25, 0.3) is 0 Å². The Morgan fingerprint density at radius 2 is 2.33 bits per heavy atom. The summed E-state index contributed by atoms with van der Waals surface area (Å²) in [6.07, 6.45) is 2.21. The fraction of sp³-hybridized carbons (Fsp3) is 0.500. The first-order chi connectivity index (χ1) is 7.09. The largest absolute Gasteiger partial charge is 0.361 e. The predicted molar refractivity (Wildman–Crippen MR) is 54.9 cm³/mol. The van der Waals surface area contributed by atoms with Crippen LogP contribution in [-0.2, 0) is 0 Å². The summed E-state index contributed by atoms with van der Waals surface area (Å²) in [5.74, 6) is 0.729. The van der Waals surface area contributed by atoms with Crippen molar-refractivity contribution in [3.8, 4) is 0 Å². The minimum atomic E-state index is -0.572. The minimum absolute atomic E-state index is 0.134. The van der Waals surface area contributed by atoms with Crippen LogP contribution >= 0.6 is 11.6 Å². The van der Waals surface area contributed by atoms with Crippen molar-refractivity contribution >= 4 is 23.1 Å². The van der Waals surface area contributed by atoms with E-state index in [4.69, 9.17) is 11.6 Å². The van der Waals surface area contributed by atoms with E-state index in [9.17, 15) is 10.1 Å². The summed E-state index contributed by atoms with van der Waals surface area (Å²) >= 11 is 5.63. The number of nitrogens with zero attached hydrogens (tertiary/aromatic N) is 3. The summed E-state index contributed by atoms with van der Waals surface area (Å²) in [7, 11) is 0. The van der Waals surface area contributed by atoms with Crippen molar-refractivity contribution in [1.29, 1.82) is 0 Å². The molecule has 15 heavy (non-hydrogen) atoms. The fourth-order valence-corrected chi connectivity index (χ4v) is 1.53. The normalized spacial score (nSPS) is 23.6. The van der Waals surface area contributed by atoms with Crippen molar-refractivity contribution < 1.29 is 4.92 Å². The smallest absolute Gasteiger partial charge is 0.348 e. The SMILES string of the molecule is CC1CC1Nc1ncnc(Cl)c1[N+](=O)[O-]. The van der Waals surface area contributed by atoms with E-state index >= 15 is 0 Å². The zero-order valence-electron chi connectivity index (χ0n) is 7.98. The van der Waals surface area contributed by atoms with Gasteiger partial charge in [0.05, 0.1) is 4.92 Å². The predicted octanol–water partition coefficient (Wildman–Crippen LogP) is 1.86. The molecule has 2 rings (SSSR count). The number of rotatable bonds is 3. The van der Waals surface area contributed by atoms with Crippen LogP contribution in [0.15, 0.2) is 6.33 Å². The fourth-order valence-electron chi connectivity index (χ4n) is 1.32. The minimum Gasteiger partial charge on any atom is -0.361 e. The molecule has 0 saturated heterocycles. The van der Waals surface area contributed by atoms with Crippen molar-refractivity contribution in [1.82, 2.24) is 9.97 Å². The van der Waals surface area contributed by atoms with E-state index in [0.717, 1.165) is 6.42 Å². The second-order valence-electron chi connectivity index (χ2n) is 3.58. The zero-order chi connectivity index (χ0) is 11.0. The van der Waals surface area contributed by atoms with Gasteiger partial charge in [-0.25, -0.2) is 9.97 Å². The third-order valence-corrected chi connectivity index (χ3v) is 2.67. The highest BCUT2D eigenvalue weighted by Crippen LogP contribution is 2.36. The molecule has 80 valence electrons. The summed E-state index contributed by atoms with van der Waals surface area (Å²) in [5.41, 5.74) is -0.252. The Bertz CT molecular complexity index is 412. The molecule has 1 aliphatic rings. The van der Waals surface area contributed by atoms with Gasteiger partial charge >= 0.3 is 5.69 Å². The highest BCUT2D eigenvalue weighted by molar-refractivity contribution is 6.31. The lowest BCUT2D eigenvalue weighted by atomic mass is 10.4. The van der Waals surface area contributed by atoms with E-state index < -0.39 is 4.92 Å². The third kappa shape index (κ3) is 1.99. The summed E-state index contributed by atoms with van der Waals surface area (Å²) in [4.78, 5) is 17.6. The van der Waals surface area contributed by atoms with Gasteiger partial charge in [-0.1, -0.05) is 18.5 Å². The molecule has 1 aliphatic carbocycles. The molecule has 0 amide bonds. The third-order valence-electron chi connectivity index (χ3n) is 2.39. The molecule has 1 fully saturated rings.